The summed E-state index contributed by atoms with van der Waals surface area (Å²) < 4.78 is 37.9. The van der Waals surface area contributed by atoms with Gasteiger partial charge in [-0.3, -0.25) is 0 Å². The maximum atomic E-state index is 13.4. The van der Waals surface area contributed by atoms with Gasteiger partial charge in [0.05, 0.1) is 6.54 Å². The zero-order valence-electron chi connectivity index (χ0n) is 10.7. The van der Waals surface area contributed by atoms with Crippen LogP contribution < -0.4 is 10.2 Å². The molecule has 0 fully saturated rings. The molecule has 0 unspecified atom stereocenters. The Morgan fingerprint density at radius 1 is 1.28 bits per heavy atom. The fourth-order valence-corrected chi connectivity index (χ4v) is 1.68. The fraction of sp³-hybridized carbons (Fsp3) is 0.538. The Labute approximate surface area is 106 Å². The largest absolute Gasteiger partial charge is 0.369 e. The van der Waals surface area contributed by atoms with Crippen molar-refractivity contribution in [2.75, 3.05) is 25.0 Å². The second-order valence-corrected chi connectivity index (χ2v) is 4.27. The third kappa shape index (κ3) is 4.96. The first kappa shape index (κ1) is 14.8. The Hall–Kier alpha value is -1.23. The molecule has 1 aromatic carbocycles. The molecule has 18 heavy (non-hydrogen) atoms. The molecule has 2 nitrogen and oxygen atoms in total. The summed E-state index contributed by atoms with van der Waals surface area (Å²) in [5, 5.41) is 3.15. The Bertz CT molecular complexity index is 369. The molecule has 0 aliphatic rings. The van der Waals surface area contributed by atoms with Gasteiger partial charge in [-0.15, -0.1) is 0 Å². The molecule has 0 aliphatic heterocycles. The van der Waals surface area contributed by atoms with E-state index >= 15 is 0 Å². The molecular weight excluding hydrogens is 241 g/mol. The number of nitrogens with zero attached hydrogens (tertiary/aromatic N) is 1. The highest BCUT2D eigenvalue weighted by Crippen LogP contribution is 2.18. The molecule has 0 radical (unpaired) electrons. The van der Waals surface area contributed by atoms with E-state index in [0.717, 1.165) is 18.5 Å². The summed E-state index contributed by atoms with van der Waals surface area (Å²) in [5.74, 6) is -0.401. The normalized spacial score (nSPS) is 11.0. The van der Waals surface area contributed by atoms with Gasteiger partial charge in [-0.2, -0.15) is 0 Å². The van der Waals surface area contributed by atoms with Gasteiger partial charge in [-0.1, -0.05) is 6.92 Å². The van der Waals surface area contributed by atoms with Crippen LogP contribution in [-0.2, 0) is 6.54 Å². The van der Waals surface area contributed by atoms with Crippen molar-refractivity contribution in [3.63, 3.8) is 0 Å². The van der Waals surface area contributed by atoms with Gasteiger partial charge in [-0.25, -0.2) is 13.2 Å². The Morgan fingerprint density at radius 3 is 2.61 bits per heavy atom. The van der Waals surface area contributed by atoms with Crippen molar-refractivity contribution in [2.45, 2.75) is 26.3 Å². The van der Waals surface area contributed by atoms with E-state index in [-0.39, 0.29) is 0 Å². The zero-order valence-corrected chi connectivity index (χ0v) is 10.7. The van der Waals surface area contributed by atoms with E-state index < -0.39 is 18.8 Å². The average Bonchev–Trinajstić information content (AvgIpc) is 2.27. The molecule has 102 valence electrons. The standard InChI is InChI=1S/C13H19F3N2/c1-3-4-17-8-10-5-11(14)7-12(6-10)18(2)9-13(15)16/h5-7,13,17H,3-4,8-9H2,1-2H3. The minimum atomic E-state index is -2.43. The summed E-state index contributed by atoms with van der Waals surface area (Å²) in [7, 11) is 1.53. The lowest BCUT2D eigenvalue weighted by Crippen LogP contribution is -2.24. The monoisotopic (exact) mass is 260 g/mol. The van der Waals surface area contributed by atoms with E-state index in [9.17, 15) is 13.2 Å². The number of hydrogen-bond acceptors (Lipinski definition) is 2. The van der Waals surface area contributed by atoms with Gasteiger partial charge < -0.3 is 10.2 Å². The summed E-state index contributed by atoms with van der Waals surface area (Å²) in [4.78, 5) is 1.36. The highest BCUT2D eigenvalue weighted by molar-refractivity contribution is 5.48. The second-order valence-electron chi connectivity index (χ2n) is 4.27. The molecule has 0 saturated carbocycles. The topological polar surface area (TPSA) is 15.3 Å². The van der Waals surface area contributed by atoms with Crippen LogP contribution in [0.4, 0.5) is 18.9 Å². The molecule has 1 rings (SSSR count). The summed E-state index contributed by atoms with van der Waals surface area (Å²) in [6, 6.07) is 4.42. The van der Waals surface area contributed by atoms with Crippen LogP contribution in [0, 0.1) is 5.82 Å². The third-order valence-corrected chi connectivity index (χ3v) is 2.55. The summed E-state index contributed by atoms with van der Waals surface area (Å²) in [6.45, 7) is 3.03. The van der Waals surface area contributed by atoms with Crippen molar-refractivity contribution in [3.8, 4) is 0 Å². The molecule has 1 N–H and O–H groups in total. The van der Waals surface area contributed by atoms with Gasteiger partial charge in [0.25, 0.3) is 6.43 Å². The second kappa shape index (κ2) is 7.26. The predicted molar refractivity (Wildman–Crippen MR) is 67.7 cm³/mol. The van der Waals surface area contributed by atoms with Crippen molar-refractivity contribution in [3.05, 3.63) is 29.6 Å². The van der Waals surface area contributed by atoms with Crippen LogP contribution in [0.5, 0.6) is 0 Å². The molecule has 1 aromatic rings. The predicted octanol–water partition coefficient (Wildman–Crippen LogP) is 3.03. The summed E-state index contributed by atoms with van der Waals surface area (Å²) in [5.41, 5.74) is 1.24. The Morgan fingerprint density at radius 2 is 2.00 bits per heavy atom. The summed E-state index contributed by atoms with van der Waals surface area (Å²) >= 11 is 0. The van der Waals surface area contributed by atoms with Crippen LogP contribution in [0.1, 0.15) is 18.9 Å². The highest BCUT2D eigenvalue weighted by atomic mass is 19.3. The number of alkyl halides is 2. The van der Waals surface area contributed by atoms with Gasteiger partial charge >= 0.3 is 0 Å². The van der Waals surface area contributed by atoms with Gasteiger partial charge in [-0.05, 0) is 36.7 Å². The van der Waals surface area contributed by atoms with Crippen LogP contribution in [0.15, 0.2) is 18.2 Å². The van der Waals surface area contributed by atoms with Gasteiger partial charge in [0.2, 0.25) is 0 Å². The first-order chi connectivity index (χ1) is 8.52. The lowest BCUT2D eigenvalue weighted by atomic mass is 10.1. The molecule has 0 aliphatic carbocycles. The number of hydrogen-bond donors (Lipinski definition) is 1. The highest BCUT2D eigenvalue weighted by Gasteiger charge is 2.10. The van der Waals surface area contributed by atoms with Crippen LogP contribution in [0.25, 0.3) is 0 Å². The maximum absolute atomic E-state index is 13.4. The van der Waals surface area contributed by atoms with Crippen molar-refractivity contribution in [2.24, 2.45) is 0 Å². The van der Waals surface area contributed by atoms with E-state index in [1.165, 1.54) is 24.1 Å². The molecule has 0 bridgehead atoms. The van der Waals surface area contributed by atoms with Gasteiger partial charge in [0.15, 0.2) is 0 Å². The van der Waals surface area contributed by atoms with Crippen molar-refractivity contribution in [1.82, 2.24) is 5.32 Å². The smallest absolute Gasteiger partial charge is 0.255 e. The molecule has 0 saturated heterocycles. The lowest BCUT2D eigenvalue weighted by Gasteiger charge is -2.19. The number of nitrogens with one attached hydrogen (secondary N) is 1. The maximum Gasteiger partial charge on any atom is 0.255 e. The number of halogens is 3. The third-order valence-electron chi connectivity index (χ3n) is 2.55. The summed E-state index contributed by atoms with van der Waals surface area (Å²) in [6.07, 6.45) is -1.44. The number of anilines is 1. The van der Waals surface area contributed by atoms with Gasteiger partial charge in [0.1, 0.15) is 5.82 Å². The number of benzene rings is 1. The molecule has 0 amide bonds. The van der Waals surface area contributed by atoms with Crippen LogP contribution in [0.2, 0.25) is 0 Å². The van der Waals surface area contributed by atoms with E-state index in [1.807, 2.05) is 6.92 Å². The lowest BCUT2D eigenvalue weighted by molar-refractivity contribution is 0.156. The molecule has 0 atom stereocenters. The minimum absolute atomic E-state index is 0.398. The van der Waals surface area contributed by atoms with E-state index in [1.54, 1.807) is 6.07 Å². The molecule has 5 heteroatoms. The average molecular weight is 260 g/mol. The fourth-order valence-electron chi connectivity index (χ4n) is 1.68. The van der Waals surface area contributed by atoms with E-state index in [4.69, 9.17) is 0 Å². The van der Waals surface area contributed by atoms with Crippen molar-refractivity contribution < 1.29 is 13.2 Å². The van der Waals surface area contributed by atoms with Crippen LogP contribution in [0.3, 0.4) is 0 Å². The van der Waals surface area contributed by atoms with Crippen LogP contribution >= 0.6 is 0 Å². The van der Waals surface area contributed by atoms with Crippen molar-refractivity contribution >= 4 is 5.69 Å². The molecule has 0 aromatic heterocycles. The number of rotatable bonds is 7. The van der Waals surface area contributed by atoms with Crippen LogP contribution in [-0.4, -0.2) is 26.6 Å². The first-order valence-electron chi connectivity index (χ1n) is 6.02. The zero-order chi connectivity index (χ0) is 13.5. The molecule has 0 heterocycles. The first-order valence-corrected chi connectivity index (χ1v) is 6.02. The molecule has 0 spiro atoms. The Balaban J connectivity index is 2.73. The minimum Gasteiger partial charge on any atom is -0.369 e. The van der Waals surface area contributed by atoms with E-state index in [0.29, 0.717) is 12.2 Å². The Kier molecular flexibility index (Phi) is 5.98. The quantitative estimate of drug-likeness (QED) is 0.758. The SMILES string of the molecule is CCCNCc1cc(F)cc(N(C)CC(F)F)c1. The van der Waals surface area contributed by atoms with E-state index in [2.05, 4.69) is 5.32 Å². The van der Waals surface area contributed by atoms with Crippen molar-refractivity contribution in [1.29, 1.82) is 0 Å². The van der Waals surface area contributed by atoms with Gasteiger partial charge in [0, 0.05) is 19.3 Å². The molecular formula is C13H19F3N2.